The van der Waals surface area contributed by atoms with Crippen molar-refractivity contribution in [3.05, 3.63) is 201 Å². The molecule has 54 heavy (non-hydrogen) atoms. The Kier molecular flexibility index (Phi) is 9.01. The first-order valence-corrected chi connectivity index (χ1v) is 31.5. The molecule has 6 aromatic carbocycles. The van der Waals surface area contributed by atoms with Gasteiger partial charge < -0.3 is 0 Å². The van der Waals surface area contributed by atoms with E-state index in [-0.39, 0.29) is 5.41 Å². The summed E-state index contributed by atoms with van der Waals surface area (Å²) in [6.07, 6.45) is 7.42. The molecule has 3 aliphatic rings. The second-order valence-electron chi connectivity index (χ2n) is 17.5. The summed E-state index contributed by atoms with van der Waals surface area (Å²) in [6, 6.07) is 56.1. The van der Waals surface area contributed by atoms with Gasteiger partial charge in [-0.3, -0.25) is 0 Å². The van der Waals surface area contributed by atoms with Crippen LogP contribution in [-0.2, 0) is 32.8 Å². The average Bonchev–Trinajstić information content (AvgIpc) is 3.80. The maximum atomic E-state index is 2.79. The van der Waals surface area contributed by atoms with E-state index >= 15 is 0 Å². The van der Waals surface area contributed by atoms with Crippen LogP contribution < -0.4 is 0 Å². The minimum absolute atomic E-state index is 0.164. The van der Waals surface area contributed by atoms with E-state index in [1.54, 1.807) is 22.3 Å². The standard InChI is InChI=1S/C51H46.2CH3.Hf/c1-35(2)39-21-25-41(26-22-39)47-19-11-17-43-29-45(31-49(43)47)51(33-37-13-7-5-8-14-37,34-38-15-9-6-10-16-38)46-30-44-18-12-20-48(50(44)32-46)42-27-23-40(24-28-42)36(3)4;;;/h5-32,35-36H,33-34H2,1-4H3;2*1H3;. The molecule has 0 bridgehead atoms. The molecule has 268 valence electrons. The molecule has 2 aliphatic carbocycles. The van der Waals surface area contributed by atoms with E-state index in [1.165, 1.54) is 55.6 Å². The number of allylic oxidation sites excluding steroid dienone is 2. The molecule has 9 rings (SSSR count). The molecule has 2 unspecified atom stereocenters. The molecule has 1 saturated heterocycles. The van der Waals surface area contributed by atoms with Crippen LogP contribution in [0.5, 0.6) is 0 Å². The van der Waals surface area contributed by atoms with Crippen molar-refractivity contribution in [3.8, 4) is 22.3 Å². The van der Waals surface area contributed by atoms with Gasteiger partial charge in [0, 0.05) is 0 Å². The fraction of sp³-hybridized carbons (Fsp3) is 0.245. The van der Waals surface area contributed by atoms with Crippen molar-refractivity contribution in [1.82, 2.24) is 0 Å². The van der Waals surface area contributed by atoms with Crippen LogP contribution in [0.4, 0.5) is 0 Å². The summed E-state index contributed by atoms with van der Waals surface area (Å²) < 4.78 is 6.57. The molecule has 1 aliphatic heterocycles. The Bertz CT molecular complexity index is 2220. The molecule has 0 nitrogen and oxygen atoms in total. The molecule has 0 saturated carbocycles. The third-order valence-electron chi connectivity index (χ3n) is 13.2. The number of fused-ring (bicyclic) bond motifs is 6. The molecule has 0 amide bonds. The number of hydrogen-bond donors (Lipinski definition) is 0. The molecule has 0 N–H and O–H groups in total. The zero-order chi connectivity index (χ0) is 37.2. The van der Waals surface area contributed by atoms with Crippen molar-refractivity contribution >= 4 is 12.2 Å². The molecular formula is C53H52Hf. The van der Waals surface area contributed by atoms with Gasteiger partial charge in [0.25, 0.3) is 0 Å². The van der Waals surface area contributed by atoms with Crippen molar-refractivity contribution in [2.24, 2.45) is 5.41 Å². The van der Waals surface area contributed by atoms with Gasteiger partial charge in [0.15, 0.2) is 0 Å². The van der Waals surface area contributed by atoms with E-state index in [0.29, 0.717) is 19.2 Å². The van der Waals surface area contributed by atoms with Crippen LogP contribution >= 0.6 is 0 Å². The van der Waals surface area contributed by atoms with Crippen LogP contribution in [0.15, 0.2) is 157 Å². The van der Waals surface area contributed by atoms with E-state index in [4.69, 9.17) is 0 Å². The molecule has 0 spiro atoms. The number of rotatable bonds is 8. The molecular weight excluding hydrogens is 815 g/mol. The Labute approximate surface area is 328 Å². The predicted molar refractivity (Wildman–Crippen MR) is 228 cm³/mol. The molecule has 1 heteroatoms. The fourth-order valence-electron chi connectivity index (χ4n) is 10.5. The average molecular weight is 867 g/mol. The fourth-order valence-corrected chi connectivity index (χ4v) is 27.6. The second kappa shape index (κ2) is 13.8. The summed E-state index contributed by atoms with van der Waals surface area (Å²) in [5.41, 5.74) is 20.4. The second-order valence-corrected chi connectivity index (χ2v) is 34.7. The third-order valence-corrected chi connectivity index (χ3v) is 28.4. The minimum atomic E-state index is -3.33. The molecule has 1 heterocycles. The SMILES string of the molecule is CC(C)c1ccc(-c2cccc3c2C=C2[CH]3[Hf]([CH3])([CH3])[CH]3C(=Cc4c(-c5ccc(C(C)C)cc5)cccc43)C2(Cc2ccccc2)Cc2ccccc2)cc1. The van der Waals surface area contributed by atoms with Gasteiger partial charge in [-0.15, -0.1) is 0 Å². The third kappa shape index (κ3) is 5.81. The molecule has 0 radical (unpaired) electrons. The first-order chi connectivity index (χ1) is 26.2. The van der Waals surface area contributed by atoms with E-state index in [0.717, 1.165) is 12.8 Å². The van der Waals surface area contributed by atoms with Gasteiger partial charge >= 0.3 is 330 Å². The monoisotopic (exact) mass is 868 g/mol. The topological polar surface area (TPSA) is 0 Å². The summed E-state index contributed by atoms with van der Waals surface area (Å²) in [6.45, 7) is 9.14. The van der Waals surface area contributed by atoms with Gasteiger partial charge in [-0.05, 0) is 0 Å². The predicted octanol–water partition coefficient (Wildman–Crippen LogP) is 14.6. The quantitative estimate of drug-likeness (QED) is 0.134. The van der Waals surface area contributed by atoms with E-state index in [2.05, 4.69) is 195 Å². The van der Waals surface area contributed by atoms with Crippen LogP contribution in [0.3, 0.4) is 0 Å². The molecule has 1 fully saturated rings. The molecule has 0 aromatic heterocycles. The zero-order valence-electron chi connectivity index (χ0n) is 32.7. The number of hydrogen-bond acceptors (Lipinski definition) is 0. The Morgan fingerprint density at radius 2 is 0.852 bits per heavy atom. The normalized spacial score (nSPS) is 18.8. The Morgan fingerprint density at radius 1 is 0.463 bits per heavy atom. The summed E-state index contributed by atoms with van der Waals surface area (Å²) in [5.74, 6) is 1.04. The van der Waals surface area contributed by atoms with Crippen LogP contribution in [0, 0.1) is 5.41 Å². The zero-order valence-corrected chi connectivity index (χ0v) is 36.3. The van der Waals surface area contributed by atoms with Crippen LogP contribution in [0.2, 0.25) is 9.36 Å². The van der Waals surface area contributed by atoms with Gasteiger partial charge in [-0.2, -0.15) is 0 Å². The summed E-state index contributed by atoms with van der Waals surface area (Å²) >= 11 is -3.33. The van der Waals surface area contributed by atoms with Crippen molar-refractivity contribution in [3.63, 3.8) is 0 Å². The maximum absolute atomic E-state index is 3.33. The molecule has 2 atom stereocenters. The Morgan fingerprint density at radius 3 is 1.22 bits per heavy atom. The van der Waals surface area contributed by atoms with Gasteiger partial charge in [0.1, 0.15) is 0 Å². The van der Waals surface area contributed by atoms with Crippen molar-refractivity contribution in [2.45, 2.75) is 69.1 Å². The van der Waals surface area contributed by atoms with Crippen molar-refractivity contribution in [2.75, 3.05) is 0 Å². The summed E-state index contributed by atoms with van der Waals surface area (Å²) in [7, 11) is 0. The van der Waals surface area contributed by atoms with Gasteiger partial charge in [0.05, 0.1) is 0 Å². The summed E-state index contributed by atoms with van der Waals surface area (Å²) in [5, 5.41) is 0. The first-order valence-electron chi connectivity index (χ1n) is 20.1. The van der Waals surface area contributed by atoms with Crippen molar-refractivity contribution in [1.29, 1.82) is 0 Å². The first kappa shape index (κ1) is 35.4. The van der Waals surface area contributed by atoms with Gasteiger partial charge in [-0.1, -0.05) is 0 Å². The van der Waals surface area contributed by atoms with E-state index in [1.807, 2.05) is 0 Å². The summed E-state index contributed by atoms with van der Waals surface area (Å²) in [4.78, 5) is 0. The van der Waals surface area contributed by atoms with Crippen molar-refractivity contribution < 1.29 is 20.0 Å². The van der Waals surface area contributed by atoms with Gasteiger partial charge in [0.2, 0.25) is 0 Å². The van der Waals surface area contributed by atoms with E-state index < -0.39 is 20.0 Å². The van der Waals surface area contributed by atoms with Crippen LogP contribution in [0.25, 0.3) is 34.4 Å². The van der Waals surface area contributed by atoms with Crippen LogP contribution in [0.1, 0.15) is 91.4 Å². The molecule has 6 aromatic rings. The van der Waals surface area contributed by atoms with Crippen LogP contribution in [-0.4, -0.2) is 0 Å². The van der Waals surface area contributed by atoms with E-state index in [9.17, 15) is 0 Å². The Hall–Kier alpha value is -4.33. The number of benzene rings is 6. The Balaban J connectivity index is 1.30. The van der Waals surface area contributed by atoms with Gasteiger partial charge in [-0.25, -0.2) is 0 Å².